The molecular weight excluding hydrogens is 224 g/mol. The molecule has 16 heavy (non-hydrogen) atoms. The van der Waals surface area contributed by atoms with E-state index in [2.05, 4.69) is 10.1 Å². The van der Waals surface area contributed by atoms with Crippen LogP contribution in [0.3, 0.4) is 0 Å². The Labute approximate surface area is 98.3 Å². The number of rotatable bonds is 4. The maximum absolute atomic E-state index is 9.13. The van der Waals surface area contributed by atoms with E-state index < -0.39 is 0 Å². The van der Waals surface area contributed by atoms with E-state index in [0.717, 1.165) is 24.4 Å². The first-order valence-electron chi connectivity index (χ1n) is 5.07. The first kappa shape index (κ1) is 11.1. The number of aryl methyl sites for hydroxylation is 2. The number of aliphatic hydroxyl groups is 1. The Morgan fingerprint density at radius 1 is 1.56 bits per heavy atom. The summed E-state index contributed by atoms with van der Waals surface area (Å²) in [5.74, 6) is 0. The molecule has 0 aromatic carbocycles. The lowest BCUT2D eigenvalue weighted by atomic mass is 10.3. The molecule has 0 saturated heterocycles. The molecule has 0 amide bonds. The van der Waals surface area contributed by atoms with Crippen LogP contribution in [0.2, 0.25) is 0 Å². The number of aromatic nitrogens is 4. The van der Waals surface area contributed by atoms with Crippen LogP contribution in [0.4, 0.5) is 0 Å². The highest BCUT2D eigenvalue weighted by atomic mass is 32.1. The monoisotopic (exact) mass is 238 g/mol. The van der Waals surface area contributed by atoms with Crippen LogP contribution < -0.4 is 0 Å². The van der Waals surface area contributed by atoms with Crippen molar-refractivity contribution in [2.75, 3.05) is 0 Å². The normalized spacial score (nSPS) is 10.9. The molecule has 0 aliphatic carbocycles. The third kappa shape index (κ3) is 2.23. The molecular formula is C10H14N4OS. The summed E-state index contributed by atoms with van der Waals surface area (Å²) in [5.41, 5.74) is 1.83. The van der Waals surface area contributed by atoms with Crippen LogP contribution in [0.25, 0.3) is 0 Å². The summed E-state index contributed by atoms with van der Waals surface area (Å²) in [6.07, 6.45) is 4.46. The lowest BCUT2D eigenvalue weighted by Gasteiger charge is -2.04. The van der Waals surface area contributed by atoms with Crippen molar-refractivity contribution in [2.24, 2.45) is 7.05 Å². The Kier molecular flexibility index (Phi) is 3.21. The molecule has 0 aliphatic heterocycles. The summed E-state index contributed by atoms with van der Waals surface area (Å²) in [6.45, 7) is 0.727. The lowest BCUT2D eigenvalue weighted by molar-refractivity contribution is 0.270. The molecule has 0 saturated carbocycles. The molecule has 0 atom stereocenters. The number of hydrogen-bond donors (Lipinski definition) is 2. The van der Waals surface area contributed by atoms with Gasteiger partial charge < -0.3 is 14.7 Å². The summed E-state index contributed by atoms with van der Waals surface area (Å²) in [4.78, 5) is 2.92. The molecule has 2 rings (SSSR count). The van der Waals surface area contributed by atoms with Crippen molar-refractivity contribution in [3.8, 4) is 0 Å². The maximum Gasteiger partial charge on any atom is 0.177 e. The van der Waals surface area contributed by atoms with Crippen LogP contribution in [0, 0.1) is 4.77 Å². The number of aromatic amines is 1. The van der Waals surface area contributed by atoms with E-state index >= 15 is 0 Å². The standard InChI is InChI=1S/C10H14N4OS/c1-13-4-2-8(12-13)3-5-14-9(7-15)6-11-10(14)16/h2,4,6,15H,3,5,7H2,1H3,(H,11,16). The third-order valence-electron chi connectivity index (χ3n) is 2.48. The summed E-state index contributed by atoms with van der Waals surface area (Å²) in [6, 6.07) is 1.98. The van der Waals surface area contributed by atoms with Gasteiger partial charge in [-0.1, -0.05) is 0 Å². The Bertz CT molecular complexity index is 525. The molecule has 2 aromatic heterocycles. The fourth-order valence-electron chi connectivity index (χ4n) is 1.63. The lowest BCUT2D eigenvalue weighted by Crippen LogP contribution is -2.06. The van der Waals surface area contributed by atoms with Gasteiger partial charge in [0.25, 0.3) is 0 Å². The van der Waals surface area contributed by atoms with Crippen molar-refractivity contribution in [3.63, 3.8) is 0 Å². The largest absolute Gasteiger partial charge is 0.390 e. The SMILES string of the molecule is Cn1ccc(CCn2c(CO)c[nH]c2=S)n1. The fraction of sp³-hybridized carbons (Fsp3) is 0.400. The van der Waals surface area contributed by atoms with E-state index in [-0.39, 0.29) is 6.61 Å². The Balaban J connectivity index is 2.09. The molecule has 0 unspecified atom stereocenters. The highest BCUT2D eigenvalue weighted by molar-refractivity contribution is 7.71. The van der Waals surface area contributed by atoms with Crippen molar-refractivity contribution in [2.45, 2.75) is 19.6 Å². The van der Waals surface area contributed by atoms with Crippen LogP contribution in [-0.4, -0.2) is 24.4 Å². The zero-order valence-electron chi connectivity index (χ0n) is 9.05. The molecule has 0 radical (unpaired) electrons. The van der Waals surface area contributed by atoms with Gasteiger partial charge in [-0.15, -0.1) is 0 Å². The van der Waals surface area contributed by atoms with E-state index in [4.69, 9.17) is 17.3 Å². The van der Waals surface area contributed by atoms with Gasteiger partial charge in [0.1, 0.15) is 0 Å². The molecule has 2 heterocycles. The minimum atomic E-state index is -0.00460. The summed E-state index contributed by atoms with van der Waals surface area (Å²) in [5, 5.41) is 13.4. The van der Waals surface area contributed by atoms with E-state index in [9.17, 15) is 0 Å². The van der Waals surface area contributed by atoms with Gasteiger partial charge in [0.15, 0.2) is 4.77 Å². The zero-order valence-corrected chi connectivity index (χ0v) is 9.87. The smallest absolute Gasteiger partial charge is 0.177 e. The van der Waals surface area contributed by atoms with Gasteiger partial charge in [-0.25, -0.2) is 0 Å². The van der Waals surface area contributed by atoms with Crippen molar-refractivity contribution in [3.05, 3.63) is 34.6 Å². The van der Waals surface area contributed by atoms with Crippen LogP contribution in [0.5, 0.6) is 0 Å². The van der Waals surface area contributed by atoms with Crippen LogP contribution in [0.1, 0.15) is 11.4 Å². The van der Waals surface area contributed by atoms with Crippen LogP contribution >= 0.6 is 12.2 Å². The average molecular weight is 238 g/mol. The van der Waals surface area contributed by atoms with Gasteiger partial charge in [-0.2, -0.15) is 5.10 Å². The molecule has 2 aromatic rings. The summed E-state index contributed by atoms with van der Waals surface area (Å²) in [7, 11) is 1.89. The molecule has 2 N–H and O–H groups in total. The van der Waals surface area contributed by atoms with Gasteiger partial charge >= 0.3 is 0 Å². The topological polar surface area (TPSA) is 58.8 Å². The van der Waals surface area contributed by atoms with Crippen LogP contribution in [-0.2, 0) is 26.6 Å². The second-order valence-electron chi connectivity index (χ2n) is 3.63. The van der Waals surface area contributed by atoms with Gasteiger partial charge in [-0.3, -0.25) is 4.68 Å². The van der Waals surface area contributed by atoms with Crippen molar-refractivity contribution in [1.82, 2.24) is 19.3 Å². The first-order chi connectivity index (χ1) is 7.70. The zero-order chi connectivity index (χ0) is 11.5. The van der Waals surface area contributed by atoms with E-state index in [0.29, 0.717) is 4.77 Å². The Morgan fingerprint density at radius 2 is 2.38 bits per heavy atom. The van der Waals surface area contributed by atoms with Crippen molar-refractivity contribution >= 4 is 12.2 Å². The second kappa shape index (κ2) is 4.63. The number of nitrogens with zero attached hydrogens (tertiary/aromatic N) is 3. The molecule has 86 valence electrons. The minimum absolute atomic E-state index is 0.00460. The maximum atomic E-state index is 9.13. The fourth-order valence-corrected chi connectivity index (χ4v) is 1.90. The summed E-state index contributed by atoms with van der Waals surface area (Å²) < 4.78 is 4.31. The number of aliphatic hydroxyl groups excluding tert-OH is 1. The number of H-pyrrole nitrogens is 1. The van der Waals surface area contributed by atoms with Crippen LogP contribution in [0.15, 0.2) is 18.5 Å². The predicted molar refractivity (Wildman–Crippen MR) is 62.5 cm³/mol. The van der Waals surface area contributed by atoms with Gasteiger partial charge in [-0.05, 0) is 18.3 Å². The highest BCUT2D eigenvalue weighted by Gasteiger charge is 2.04. The molecule has 6 heteroatoms. The van der Waals surface area contributed by atoms with Gasteiger partial charge in [0.05, 0.1) is 18.0 Å². The molecule has 0 bridgehead atoms. The highest BCUT2D eigenvalue weighted by Crippen LogP contribution is 2.04. The molecule has 0 fully saturated rings. The molecule has 0 aliphatic rings. The quantitative estimate of drug-likeness (QED) is 0.782. The first-order valence-corrected chi connectivity index (χ1v) is 5.48. The number of hydrogen-bond acceptors (Lipinski definition) is 3. The number of imidazole rings is 1. The van der Waals surface area contributed by atoms with E-state index in [1.807, 2.05) is 23.9 Å². The van der Waals surface area contributed by atoms with E-state index in [1.54, 1.807) is 10.9 Å². The number of nitrogens with one attached hydrogen (secondary N) is 1. The summed E-state index contributed by atoms with van der Waals surface area (Å²) >= 11 is 5.13. The van der Waals surface area contributed by atoms with Crippen molar-refractivity contribution in [1.29, 1.82) is 0 Å². The van der Waals surface area contributed by atoms with Crippen molar-refractivity contribution < 1.29 is 5.11 Å². The Morgan fingerprint density at radius 3 is 3.00 bits per heavy atom. The van der Waals surface area contributed by atoms with Gasteiger partial charge in [0.2, 0.25) is 0 Å². The van der Waals surface area contributed by atoms with E-state index in [1.165, 1.54) is 0 Å². The predicted octanol–water partition coefficient (Wildman–Crippen LogP) is 1.01. The second-order valence-corrected chi connectivity index (χ2v) is 4.01. The average Bonchev–Trinajstić information content (AvgIpc) is 2.82. The minimum Gasteiger partial charge on any atom is -0.390 e. The third-order valence-corrected chi connectivity index (χ3v) is 2.81. The molecule has 5 nitrogen and oxygen atoms in total. The molecule has 0 spiro atoms. The Hall–Kier alpha value is -1.40. The van der Waals surface area contributed by atoms with Gasteiger partial charge in [0, 0.05) is 32.4 Å².